The number of piperidine rings is 1. The first-order chi connectivity index (χ1) is 14.2. The average Bonchev–Trinajstić information content (AvgIpc) is 3.20. The minimum Gasteiger partial charge on any atom is -0.462 e. The first-order valence-electron chi connectivity index (χ1n) is 10.2. The minimum absolute atomic E-state index is 0.327. The highest BCUT2D eigenvalue weighted by Gasteiger charge is 2.26. The van der Waals surface area contributed by atoms with E-state index in [1.807, 2.05) is 6.92 Å². The van der Waals surface area contributed by atoms with E-state index in [9.17, 15) is 4.79 Å². The van der Waals surface area contributed by atoms with Gasteiger partial charge in [0.25, 0.3) is 0 Å². The summed E-state index contributed by atoms with van der Waals surface area (Å²) in [6.45, 7) is 9.30. The van der Waals surface area contributed by atoms with Gasteiger partial charge in [0.2, 0.25) is 0 Å². The van der Waals surface area contributed by atoms with Crippen LogP contribution in [-0.2, 0) is 9.47 Å². The summed E-state index contributed by atoms with van der Waals surface area (Å²) in [6.07, 6.45) is 5.82. The van der Waals surface area contributed by atoms with E-state index in [-0.39, 0.29) is 5.97 Å². The van der Waals surface area contributed by atoms with Crippen molar-refractivity contribution in [2.75, 3.05) is 55.8 Å². The molecule has 4 rings (SSSR count). The van der Waals surface area contributed by atoms with Crippen LogP contribution in [0.15, 0.2) is 12.4 Å². The fraction of sp³-hybridized carbons (Fsp3) is 0.600. The molecule has 2 aliphatic rings. The lowest BCUT2D eigenvalue weighted by atomic mass is 10.0. The van der Waals surface area contributed by atoms with Crippen LogP contribution in [0.4, 0.5) is 10.9 Å². The smallest absolute Gasteiger partial charge is 0.350 e. The lowest BCUT2D eigenvalue weighted by Crippen LogP contribution is -2.36. The highest BCUT2D eigenvalue weighted by Crippen LogP contribution is 2.35. The van der Waals surface area contributed by atoms with E-state index in [1.165, 1.54) is 17.8 Å². The van der Waals surface area contributed by atoms with Crippen LogP contribution < -0.4 is 9.80 Å². The molecule has 0 spiro atoms. The summed E-state index contributed by atoms with van der Waals surface area (Å²) in [5.74, 6) is 1.08. The number of ether oxygens (including phenoxy) is 2. The second-order valence-corrected chi connectivity index (χ2v) is 8.42. The Hall–Kier alpha value is -2.26. The summed E-state index contributed by atoms with van der Waals surface area (Å²) in [5.41, 5.74) is 1.15. The number of morpholine rings is 1. The molecule has 0 unspecified atom stereocenters. The van der Waals surface area contributed by atoms with Crippen LogP contribution in [0.5, 0.6) is 0 Å². The summed E-state index contributed by atoms with van der Waals surface area (Å²) in [4.78, 5) is 31.4. The van der Waals surface area contributed by atoms with E-state index in [0.29, 0.717) is 42.0 Å². The van der Waals surface area contributed by atoms with Gasteiger partial charge >= 0.3 is 5.97 Å². The molecule has 0 N–H and O–H groups in total. The van der Waals surface area contributed by atoms with Crippen molar-refractivity contribution in [3.05, 3.63) is 17.3 Å². The largest absolute Gasteiger partial charge is 0.462 e. The zero-order chi connectivity index (χ0) is 20.2. The normalized spacial score (nSPS) is 20.0. The quantitative estimate of drug-likeness (QED) is 0.687. The maximum absolute atomic E-state index is 12.6. The van der Waals surface area contributed by atoms with Gasteiger partial charge in [-0.1, -0.05) is 18.3 Å². The number of carbonyl (C=O) groups is 1. The van der Waals surface area contributed by atoms with Gasteiger partial charge in [0.1, 0.15) is 22.1 Å². The molecule has 0 saturated carbocycles. The van der Waals surface area contributed by atoms with Gasteiger partial charge in [0.15, 0.2) is 5.13 Å². The van der Waals surface area contributed by atoms with Gasteiger partial charge < -0.3 is 19.3 Å². The van der Waals surface area contributed by atoms with E-state index < -0.39 is 0 Å². The Morgan fingerprint density at radius 2 is 2.07 bits per heavy atom. The zero-order valence-electron chi connectivity index (χ0n) is 17.0. The SMILES string of the molecule is CCOC(=O)c1sc(N2CCC[C@@H](C)C2)nc1-c1cnc(N2CCOCC2)cn1. The third kappa shape index (κ3) is 4.51. The molecule has 2 saturated heterocycles. The lowest BCUT2D eigenvalue weighted by Gasteiger charge is -2.30. The monoisotopic (exact) mass is 417 g/mol. The molecule has 156 valence electrons. The Bertz CT molecular complexity index is 835. The molecule has 0 radical (unpaired) electrons. The summed E-state index contributed by atoms with van der Waals surface area (Å²) in [7, 11) is 0. The molecular formula is C20H27N5O3S. The van der Waals surface area contributed by atoms with Crippen LogP contribution in [0.2, 0.25) is 0 Å². The molecule has 2 aromatic heterocycles. The van der Waals surface area contributed by atoms with E-state index in [2.05, 4.69) is 26.7 Å². The molecule has 9 heteroatoms. The molecule has 0 aromatic carbocycles. The molecular weight excluding hydrogens is 390 g/mol. The van der Waals surface area contributed by atoms with Gasteiger partial charge in [-0.2, -0.15) is 0 Å². The van der Waals surface area contributed by atoms with Crippen LogP contribution in [0, 0.1) is 5.92 Å². The Kier molecular flexibility index (Phi) is 6.25. The van der Waals surface area contributed by atoms with Crippen molar-refractivity contribution in [2.45, 2.75) is 26.7 Å². The molecule has 0 bridgehead atoms. The summed E-state index contributed by atoms with van der Waals surface area (Å²) in [5, 5.41) is 0.855. The van der Waals surface area contributed by atoms with Crippen molar-refractivity contribution in [3.63, 3.8) is 0 Å². The number of hydrogen-bond acceptors (Lipinski definition) is 9. The predicted octanol–water partition coefficient (Wildman–Crippen LogP) is 2.85. The Morgan fingerprint density at radius 1 is 1.24 bits per heavy atom. The number of anilines is 2. The molecule has 2 aromatic rings. The Balaban J connectivity index is 1.63. The topological polar surface area (TPSA) is 80.7 Å². The van der Waals surface area contributed by atoms with Crippen molar-refractivity contribution in [3.8, 4) is 11.4 Å². The maximum atomic E-state index is 12.6. The van der Waals surface area contributed by atoms with Crippen LogP contribution in [0.25, 0.3) is 11.4 Å². The van der Waals surface area contributed by atoms with Gasteiger partial charge in [-0.05, 0) is 25.7 Å². The third-order valence-corrected chi connectivity index (χ3v) is 6.32. The second-order valence-electron chi connectivity index (χ2n) is 7.45. The third-order valence-electron chi connectivity index (χ3n) is 5.22. The maximum Gasteiger partial charge on any atom is 0.350 e. The van der Waals surface area contributed by atoms with Gasteiger partial charge in [-0.15, -0.1) is 0 Å². The molecule has 0 aliphatic carbocycles. The summed E-state index contributed by atoms with van der Waals surface area (Å²) in [6, 6.07) is 0. The summed E-state index contributed by atoms with van der Waals surface area (Å²) < 4.78 is 10.7. The zero-order valence-corrected chi connectivity index (χ0v) is 17.8. The number of carbonyl (C=O) groups excluding carboxylic acids is 1. The second kappa shape index (κ2) is 9.04. The van der Waals surface area contributed by atoms with E-state index in [1.54, 1.807) is 12.4 Å². The number of nitrogens with zero attached hydrogens (tertiary/aromatic N) is 5. The van der Waals surface area contributed by atoms with Crippen molar-refractivity contribution < 1.29 is 14.3 Å². The van der Waals surface area contributed by atoms with Crippen molar-refractivity contribution in [1.29, 1.82) is 0 Å². The first-order valence-corrected chi connectivity index (χ1v) is 11.1. The fourth-order valence-electron chi connectivity index (χ4n) is 3.72. The molecule has 1 atom stereocenters. The number of rotatable bonds is 5. The average molecular weight is 418 g/mol. The predicted molar refractivity (Wildman–Crippen MR) is 113 cm³/mol. The molecule has 8 nitrogen and oxygen atoms in total. The van der Waals surface area contributed by atoms with E-state index >= 15 is 0 Å². The van der Waals surface area contributed by atoms with Crippen molar-refractivity contribution in [2.24, 2.45) is 5.92 Å². The molecule has 4 heterocycles. The first kappa shape index (κ1) is 20.0. The molecule has 2 aliphatic heterocycles. The molecule has 29 heavy (non-hydrogen) atoms. The lowest BCUT2D eigenvalue weighted by molar-refractivity contribution is 0.0532. The van der Waals surface area contributed by atoms with Crippen LogP contribution in [-0.4, -0.2) is 66.9 Å². The van der Waals surface area contributed by atoms with E-state index in [0.717, 1.165) is 43.5 Å². The number of hydrogen-bond donors (Lipinski definition) is 0. The fourth-order valence-corrected chi connectivity index (χ4v) is 4.72. The van der Waals surface area contributed by atoms with Crippen LogP contribution in [0.1, 0.15) is 36.4 Å². The minimum atomic E-state index is -0.352. The van der Waals surface area contributed by atoms with Gasteiger partial charge in [-0.25, -0.2) is 19.7 Å². The number of aromatic nitrogens is 3. The number of thiazole rings is 1. The molecule has 0 amide bonds. The van der Waals surface area contributed by atoms with Gasteiger partial charge in [0, 0.05) is 26.2 Å². The van der Waals surface area contributed by atoms with Crippen LogP contribution >= 0.6 is 11.3 Å². The highest BCUT2D eigenvalue weighted by molar-refractivity contribution is 7.17. The Morgan fingerprint density at radius 3 is 2.76 bits per heavy atom. The van der Waals surface area contributed by atoms with Crippen LogP contribution in [0.3, 0.4) is 0 Å². The molecule has 2 fully saturated rings. The van der Waals surface area contributed by atoms with Gasteiger partial charge in [0.05, 0.1) is 32.2 Å². The standard InChI is InChI=1S/C20H27N5O3S/c1-3-28-19(26)18-17(23-20(29-18)25-6-4-5-14(2)13-25)15-11-22-16(12-21-15)24-7-9-27-10-8-24/h11-12,14H,3-10,13H2,1-2H3/t14-/m1/s1. The summed E-state index contributed by atoms with van der Waals surface area (Å²) >= 11 is 1.39. The highest BCUT2D eigenvalue weighted by atomic mass is 32.1. The Labute approximate surface area is 174 Å². The van der Waals surface area contributed by atoms with Crippen molar-refractivity contribution >= 4 is 28.3 Å². The van der Waals surface area contributed by atoms with E-state index in [4.69, 9.17) is 14.5 Å². The van der Waals surface area contributed by atoms with Gasteiger partial charge in [-0.3, -0.25) is 0 Å². The number of esters is 1. The van der Waals surface area contributed by atoms with Crippen molar-refractivity contribution in [1.82, 2.24) is 15.0 Å².